The monoisotopic (exact) mass is 549 g/mol. The molecule has 212 valence electrons. The van der Waals surface area contributed by atoms with Crippen LogP contribution in [0.3, 0.4) is 0 Å². The Labute approximate surface area is 233 Å². The summed E-state index contributed by atoms with van der Waals surface area (Å²) in [6.07, 6.45) is 4.97. The quantitative estimate of drug-likeness (QED) is 0.437. The van der Waals surface area contributed by atoms with Crippen molar-refractivity contribution in [3.05, 3.63) is 60.2 Å². The maximum Gasteiger partial charge on any atom is 0.587 e. The largest absolute Gasteiger partial charge is 0.600 e. The molecule has 1 aromatic heterocycles. The highest BCUT2D eigenvalue weighted by atomic mass is 16.7. The maximum absolute atomic E-state index is 14.1. The van der Waals surface area contributed by atoms with Crippen molar-refractivity contribution in [1.82, 2.24) is 20.2 Å². The van der Waals surface area contributed by atoms with Crippen molar-refractivity contribution in [2.24, 2.45) is 5.92 Å². The third-order valence-corrected chi connectivity index (χ3v) is 8.81. The topological polar surface area (TPSA) is 128 Å². The van der Waals surface area contributed by atoms with E-state index in [1.807, 2.05) is 63.2 Å². The minimum absolute atomic E-state index is 0.0277. The minimum atomic E-state index is -2.51. The summed E-state index contributed by atoms with van der Waals surface area (Å²) in [5, 5.41) is 2.85. The van der Waals surface area contributed by atoms with Crippen LogP contribution in [0.15, 0.2) is 48.9 Å². The number of hydrogen-bond acceptors (Lipinski definition) is 9. The number of nitrogens with zero attached hydrogens (tertiary/aromatic N) is 4. The summed E-state index contributed by atoms with van der Waals surface area (Å²) in [6, 6.07) is 7.40. The molecule has 0 bridgehead atoms. The van der Waals surface area contributed by atoms with Crippen molar-refractivity contribution in [2.75, 3.05) is 27.2 Å². The van der Waals surface area contributed by atoms with Crippen LogP contribution in [0.1, 0.15) is 42.7 Å². The molecule has 0 saturated carbocycles. The van der Waals surface area contributed by atoms with E-state index >= 15 is 0 Å². The summed E-state index contributed by atoms with van der Waals surface area (Å²) in [7, 11) is 3.74. The van der Waals surface area contributed by atoms with Crippen molar-refractivity contribution < 1.29 is 32.9 Å². The molecule has 5 rings (SSSR count). The Morgan fingerprint density at radius 3 is 2.33 bits per heavy atom. The van der Waals surface area contributed by atoms with Gasteiger partial charge in [-0.15, -0.1) is 0 Å². The van der Waals surface area contributed by atoms with Crippen LogP contribution < -0.4 is 5.32 Å². The predicted molar refractivity (Wildman–Crippen MR) is 145 cm³/mol. The SMILES string of the molecule is CC(C)C[C@H](CC(=O)[C@H](Cc1ccccc1)NC(=O)c1cnccn1)[B-]12OC(=O)[C@@H]3CN(C)C[C@@H](C(=O)O1)[N+]32C. The molecule has 0 aliphatic carbocycles. The molecule has 12 heteroatoms. The third-order valence-electron chi connectivity index (χ3n) is 8.81. The first-order valence-electron chi connectivity index (χ1n) is 13.8. The fourth-order valence-electron chi connectivity index (χ4n) is 6.88. The van der Waals surface area contributed by atoms with Crippen molar-refractivity contribution in [3.8, 4) is 0 Å². The van der Waals surface area contributed by atoms with Gasteiger partial charge in [-0.05, 0) is 37.2 Å². The molecule has 11 nitrogen and oxygen atoms in total. The molecule has 4 heterocycles. The van der Waals surface area contributed by atoms with Gasteiger partial charge in [0.05, 0.1) is 25.3 Å². The number of aromatic nitrogens is 2. The molecule has 4 atom stereocenters. The van der Waals surface area contributed by atoms with E-state index in [2.05, 4.69) is 15.3 Å². The molecule has 0 radical (unpaired) electrons. The molecule has 3 fully saturated rings. The zero-order chi connectivity index (χ0) is 28.7. The lowest BCUT2D eigenvalue weighted by Crippen LogP contribution is -2.74. The summed E-state index contributed by atoms with van der Waals surface area (Å²) < 4.78 is 12.2. The van der Waals surface area contributed by atoms with Gasteiger partial charge in [-0.3, -0.25) is 19.5 Å². The average Bonchev–Trinajstić information content (AvgIpc) is 3.28. The summed E-state index contributed by atoms with van der Waals surface area (Å²) in [4.78, 5) is 63.5. The molecule has 2 aromatic rings. The number of likely N-dealkylation sites (N-methyl/N-ethyl adjacent to an activating group) is 2. The maximum atomic E-state index is 14.1. The minimum Gasteiger partial charge on any atom is -0.600 e. The summed E-state index contributed by atoms with van der Waals surface area (Å²) in [5.41, 5.74) is 0.979. The van der Waals surface area contributed by atoms with Crippen molar-refractivity contribution in [1.29, 1.82) is 0 Å². The van der Waals surface area contributed by atoms with E-state index in [0.29, 0.717) is 19.5 Å². The number of rotatable bonds is 10. The van der Waals surface area contributed by atoms with Crippen LogP contribution in [0, 0.1) is 5.92 Å². The Morgan fingerprint density at radius 1 is 1.10 bits per heavy atom. The van der Waals surface area contributed by atoms with Crippen molar-refractivity contribution in [2.45, 2.75) is 57.1 Å². The molecule has 1 N–H and O–H groups in total. The normalized spacial score (nSPS) is 28.9. The Bertz CT molecular complexity index is 1260. The van der Waals surface area contributed by atoms with E-state index in [4.69, 9.17) is 9.31 Å². The number of carbonyl (C=O) groups excluding carboxylic acids is 4. The van der Waals surface area contributed by atoms with Gasteiger partial charge in [0.15, 0.2) is 17.9 Å². The number of hydrogen-bond donors (Lipinski definition) is 1. The Morgan fingerprint density at radius 2 is 1.75 bits per heavy atom. The summed E-state index contributed by atoms with van der Waals surface area (Å²) >= 11 is 0. The highest BCUT2D eigenvalue weighted by Gasteiger charge is 2.77. The Kier molecular flexibility index (Phi) is 7.49. The van der Waals surface area contributed by atoms with E-state index in [9.17, 15) is 19.2 Å². The lowest BCUT2D eigenvalue weighted by Gasteiger charge is -2.53. The molecule has 1 aromatic carbocycles. The van der Waals surface area contributed by atoms with Gasteiger partial charge in [-0.1, -0.05) is 50.6 Å². The zero-order valence-electron chi connectivity index (χ0n) is 23.4. The van der Waals surface area contributed by atoms with E-state index in [-0.39, 0.29) is 34.6 Å². The number of nitrogens with one attached hydrogen (secondary N) is 1. The van der Waals surface area contributed by atoms with Crippen molar-refractivity contribution in [3.63, 3.8) is 0 Å². The lowest BCUT2D eigenvalue weighted by atomic mass is 9.51. The first-order chi connectivity index (χ1) is 19.0. The molecular formula is C28H36BN5O6. The van der Waals surface area contributed by atoms with Gasteiger partial charge in [-0.2, -0.15) is 0 Å². The molecular weight excluding hydrogens is 513 g/mol. The number of benzene rings is 1. The Balaban J connectivity index is 1.47. The molecule has 0 unspecified atom stereocenters. The van der Waals surface area contributed by atoms with Gasteiger partial charge in [0.25, 0.3) is 5.91 Å². The van der Waals surface area contributed by atoms with Crippen LogP contribution in [-0.2, 0) is 30.1 Å². The highest BCUT2D eigenvalue weighted by molar-refractivity contribution is 6.68. The molecule has 3 saturated heterocycles. The number of amides is 1. The molecule has 40 heavy (non-hydrogen) atoms. The van der Waals surface area contributed by atoms with E-state index in [1.54, 1.807) is 0 Å². The Hall–Kier alpha value is -3.64. The van der Waals surface area contributed by atoms with Gasteiger partial charge in [0.2, 0.25) is 0 Å². The second-order valence-corrected chi connectivity index (χ2v) is 11.9. The number of piperazine rings is 1. The fourth-order valence-corrected chi connectivity index (χ4v) is 6.88. The smallest absolute Gasteiger partial charge is 0.587 e. The summed E-state index contributed by atoms with van der Waals surface area (Å²) in [5.74, 6) is -1.96. The third kappa shape index (κ3) is 4.79. The predicted octanol–water partition coefficient (Wildman–Crippen LogP) is 1.37. The first-order valence-corrected chi connectivity index (χ1v) is 13.8. The van der Waals surface area contributed by atoms with Crippen LogP contribution in [0.2, 0.25) is 5.82 Å². The second kappa shape index (κ2) is 10.7. The second-order valence-electron chi connectivity index (χ2n) is 11.9. The van der Waals surface area contributed by atoms with Gasteiger partial charge < -0.3 is 19.0 Å². The summed E-state index contributed by atoms with van der Waals surface area (Å²) in [6.45, 7) is 2.42. The average molecular weight is 549 g/mol. The molecule has 0 spiro atoms. The van der Waals surface area contributed by atoms with E-state index < -0.39 is 48.5 Å². The molecule has 3 aliphatic heterocycles. The fraction of sp³-hybridized carbons (Fsp3) is 0.500. The molecule has 3 aliphatic rings. The van der Waals surface area contributed by atoms with Gasteiger partial charge >= 0.3 is 18.6 Å². The lowest BCUT2D eigenvalue weighted by molar-refractivity contribution is -0.849. The van der Waals surface area contributed by atoms with Crippen molar-refractivity contribution >= 4 is 30.3 Å². The van der Waals surface area contributed by atoms with Gasteiger partial charge in [0, 0.05) is 19.4 Å². The first kappa shape index (κ1) is 27.9. The number of carbonyl (C=O) groups is 4. The molecule has 1 amide bonds. The van der Waals surface area contributed by atoms with Gasteiger partial charge in [0.1, 0.15) is 5.69 Å². The van der Waals surface area contributed by atoms with Crippen LogP contribution in [-0.4, -0.2) is 94.9 Å². The highest BCUT2D eigenvalue weighted by Crippen LogP contribution is 2.52. The van der Waals surface area contributed by atoms with E-state index in [0.717, 1.165) is 5.56 Å². The van der Waals surface area contributed by atoms with Crippen LogP contribution in [0.4, 0.5) is 0 Å². The van der Waals surface area contributed by atoms with Gasteiger partial charge in [-0.25, -0.2) is 14.6 Å². The number of ketones is 1. The number of Topliss-reactive ketones (excluding diaryl/α,β-unsaturated/α-hetero) is 1. The standard InChI is InChI=1S/C28H36BN5O6/c1-18(2)12-20(29-34(4)23(27(37)39-29)16-33(3)17-24(34)28(38)40-29)14-25(35)21(13-19-8-6-5-7-9-19)32-26(36)22-15-30-10-11-31-22/h5-11,15,18,20-21,23-24H,12-14,16-17H2,1-4H3,(H,32,36)/t20-,21+,23+,24+,29?,34?/m1/s1. The van der Waals surface area contributed by atoms with E-state index in [1.165, 1.54) is 18.6 Å². The van der Waals surface area contributed by atoms with Crippen LogP contribution in [0.25, 0.3) is 0 Å². The zero-order valence-corrected chi connectivity index (χ0v) is 23.4. The van der Waals surface area contributed by atoms with Crippen LogP contribution in [0.5, 0.6) is 0 Å². The number of quaternary nitrogens is 1. The van der Waals surface area contributed by atoms with Crippen LogP contribution >= 0.6 is 0 Å².